The number of ether oxygens (including phenoxy) is 1. The van der Waals surface area contributed by atoms with E-state index in [2.05, 4.69) is 15.6 Å². The first-order valence-electron chi connectivity index (χ1n) is 11.2. The van der Waals surface area contributed by atoms with Crippen molar-refractivity contribution in [3.05, 3.63) is 46.7 Å². The van der Waals surface area contributed by atoms with Gasteiger partial charge >= 0.3 is 11.9 Å². The van der Waals surface area contributed by atoms with Crippen LogP contribution in [0, 0.1) is 0 Å². The Morgan fingerprint density at radius 2 is 1.88 bits per heavy atom. The van der Waals surface area contributed by atoms with Crippen LogP contribution < -0.4 is 4.74 Å². The molecule has 1 aliphatic heterocycles. The number of aliphatic imine (C=N–C) groups is 1. The molecule has 5 rings (SSSR count). The van der Waals surface area contributed by atoms with Crippen molar-refractivity contribution >= 4 is 23.2 Å². The summed E-state index contributed by atoms with van der Waals surface area (Å²) in [6.07, 6.45) is 6.72. The number of nitrogens with zero attached hydrogens (tertiary/aromatic N) is 2. The molecule has 0 atom stereocenters. The number of rotatable bonds is 5. The number of carboxylic acid groups (broad SMARTS) is 2. The molecule has 2 aromatic rings. The maximum atomic E-state index is 12.2. The Labute approximate surface area is 186 Å². The molecule has 1 aromatic carbocycles. The fraction of sp³-hybridized carbons (Fsp3) is 0.400. The summed E-state index contributed by atoms with van der Waals surface area (Å²) in [5, 5.41) is 19.3. The van der Waals surface area contributed by atoms with Gasteiger partial charge in [-0.25, -0.2) is 9.59 Å². The topological polar surface area (TPSA) is 101 Å². The van der Waals surface area contributed by atoms with Gasteiger partial charge in [-0.1, -0.05) is 0 Å². The van der Waals surface area contributed by atoms with Crippen molar-refractivity contribution in [2.45, 2.75) is 58.1 Å². The molecule has 7 nitrogen and oxygen atoms in total. The Hall–Kier alpha value is -3.35. The fourth-order valence-corrected chi connectivity index (χ4v) is 5.30. The van der Waals surface area contributed by atoms with E-state index >= 15 is 0 Å². The molecule has 0 radical (unpaired) electrons. The van der Waals surface area contributed by atoms with Gasteiger partial charge in [0.2, 0.25) is 0 Å². The summed E-state index contributed by atoms with van der Waals surface area (Å²) in [5.41, 5.74) is 6.13. The molecule has 2 heterocycles. The zero-order chi connectivity index (χ0) is 22.4. The van der Waals surface area contributed by atoms with Crippen molar-refractivity contribution in [3.63, 3.8) is 0 Å². The van der Waals surface area contributed by atoms with Crippen LogP contribution in [-0.2, 0) is 29.0 Å². The number of carboxylic acids is 2. The lowest BCUT2D eigenvalue weighted by atomic mass is 9.84. The molecule has 0 spiro atoms. The smallest absolute Gasteiger partial charge is 0.336 e. The highest BCUT2D eigenvalue weighted by molar-refractivity contribution is 6.21. The van der Waals surface area contributed by atoms with Crippen LogP contribution in [0.15, 0.2) is 29.3 Å². The Morgan fingerprint density at radius 1 is 1.12 bits per heavy atom. The van der Waals surface area contributed by atoms with Gasteiger partial charge in [-0.2, -0.15) is 0 Å². The number of fused-ring (bicyclic) bond motifs is 5. The van der Waals surface area contributed by atoms with E-state index in [1.807, 2.05) is 13.0 Å². The van der Waals surface area contributed by atoms with Crippen LogP contribution in [0.2, 0.25) is 0 Å². The van der Waals surface area contributed by atoms with E-state index in [0.717, 1.165) is 78.4 Å². The van der Waals surface area contributed by atoms with E-state index in [1.165, 1.54) is 0 Å². The molecule has 0 amide bonds. The molecule has 7 heteroatoms. The lowest BCUT2D eigenvalue weighted by Crippen LogP contribution is -2.19. The van der Waals surface area contributed by atoms with Gasteiger partial charge in [0.15, 0.2) is 0 Å². The number of aliphatic carboxylic acids is 2. The summed E-state index contributed by atoms with van der Waals surface area (Å²) in [6.45, 7) is 3.38. The number of aromatic nitrogens is 1. The second-order valence-electron chi connectivity index (χ2n) is 8.75. The molecule has 1 aromatic heterocycles. The van der Waals surface area contributed by atoms with Gasteiger partial charge in [0.25, 0.3) is 0 Å². The molecule has 2 N–H and O–H groups in total. The summed E-state index contributed by atoms with van der Waals surface area (Å²) in [7, 11) is 0. The van der Waals surface area contributed by atoms with Gasteiger partial charge in [-0.05, 0) is 74.8 Å². The number of carbonyl (C=O) groups is 2. The van der Waals surface area contributed by atoms with Gasteiger partial charge in [-0.15, -0.1) is 0 Å². The summed E-state index contributed by atoms with van der Waals surface area (Å²) in [4.78, 5) is 28.2. The summed E-state index contributed by atoms with van der Waals surface area (Å²) >= 11 is 0. The summed E-state index contributed by atoms with van der Waals surface area (Å²) in [5.74, 6) is -1.92. The molecule has 166 valence electrons. The quantitative estimate of drug-likeness (QED) is 0.694. The third-order valence-electron chi connectivity index (χ3n) is 6.71. The van der Waals surface area contributed by atoms with Crippen molar-refractivity contribution in [1.82, 2.24) is 4.57 Å². The third kappa shape index (κ3) is 3.51. The van der Waals surface area contributed by atoms with E-state index in [-0.39, 0.29) is 11.7 Å². The molecule has 0 saturated heterocycles. The van der Waals surface area contributed by atoms with Crippen LogP contribution in [0.4, 0.5) is 0 Å². The minimum absolute atomic E-state index is 0.122. The highest BCUT2D eigenvalue weighted by atomic mass is 16.5. The van der Waals surface area contributed by atoms with E-state index in [4.69, 9.17) is 4.74 Å². The normalized spacial score (nSPS) is 17.9. The minimum Gasteiger partial charge on any atom is -0.490 e. The maximum absolute atomic E-state index is 12.2. The zero-order valence-corrected chi connectivity index (χ0v) is 18.1. The predicted octanol–water partition coefficient (Wildman–Crippen LogP) is 3.95. The number of benzene rings is 1. The average molecular weight is 434 g/mol. The molecule has 1 fully saturated rings. The van der Waals surface area contributed by atoms with Crippen molar-refractivity contribution in [2.24, 2.45) is 4.99 Å². The Kier molecular flexibility index (Phi) is 5.12. The van der Waals surface area contributed by atoms with Gasteiger partial charge in [-0.3, -0.25) is 4.99 Å². The van der Waals surface area contributed by atoms with Crippen LogP contribution in [0.25, 0.3) is 16.8 Å². The molecular weight excluding hydrogens is 408 g/mol. The molecule has 32 heavy (non-hydrogen) atoms. The monoisotopic (exact) mass is 434 g/mol. The van der Waals surface area contributed by atoms with Crippen LogP contribution in [0.5, 0.6) is 5.75 Å². The molecular formula is C25H26N2O5. The van der Waals surface area contributed by atoms with Gasteiger partial charge < -0.3 is 19.5 Å². The molecule has 2 aliphatic carbocycles. The Morgan fingerprint density at radius 3 is 2.59 bits per heavy atom. The minimum atomic E-state index is -1.28. The molecule has 0 unspecified atom stereocenters. The predicted molar refractivity (Wildman–Crippen MR) is 120 cm³/mol. The van der Waals surface area contributed by atoms with Crippen LogP contribution in [0.3, 0.4) is 0 Å². The average Bonchev–Trinajstić information content (AvgIpc) is 3.39. The highest BCUT2D eigenvalue weighted by Crippen LogP contribution is 2.43. The molecule has 0 bridgehead atoms. The van der Waals surface area contributed by atoms with Crippen LogP contribution in [-0.4, -0.2) is 45.1 Å². The van der Waals surface area contributed by atoms with Crippen LogP contribution >= 0.6 is 0 Å². The number of hydrogen-bond donors (Lipinski definition) is 2. The van der Waals surface area contributed by atoms with Crippen molar-refractivity contribution in [1.29, 1.82) is 0 Å². The first-order chi connectivity index (χ1) is 15.4. The van der Waals surface area contributed by atoms with E-state index in [1.54, 1.807) is 6.07 Å². The second kappa shape index (κ2) is 7.97. The lowest BCUT2D eigenvalue weighted by molar-refractivity contribution is -0.133. The Bertz CT molecular complexity index is 1180. The van der Waals surface area contributed by atoms with Gasteiger partial charge in [0, 0.05) is 23.7 Å². The highest BCUT2D eigenvalue weighted by Gasteiger charge is 2.31. The lowest BCUT2D eigenvalue weighted by Gasteiger charge is -2.26. The van der Waals surface area contributed by atoms with Crippen LogP contribution in [0.1, 0.15) is 55.0 Å². The van der Waals surface area contributed by atoms with Crippen molar-refractivity contribution in [3.8, 4) is 17.0 Å². The first kappa shape index (κ1) is 20.5. The van der Waals surface area contributed by atoms with E-state index in [9.17, 15) is 19.8 Å². The van der Waals surface area contributed by atoms with Gasteiger partial charge in [0.1, 0.15) is 5.75 Å². The third-order valence-corrected chi connectivity index (χ3v) is 6.71. The largest absolute Gasteiger partial charge is 0.490 e. The van der Waals surface area contributed by atoms with Crippen molar-refractivity contribution < 1.29 is 24.5 Å². The maximum Gasteiger partial charge on any atom is 0.336 e. The van der Waals surface area contributed by atoms with E-state index < -0.39 is 11.9 Å². The zero-order valence-electron chi connectivity index (χ0n) is 18.1. The summed E-state index contributed by atoms with van der Waals surface area (Å²) < 4.78 is 8.43. The second-order valence-corrected chi connectivity index (χ2v) is 8.75. The molecule has 3 aliphatic rings. The van der Waals surface area contributed by atoms with Gasteiger partial charge in [0.05, 0.1) is 35.3 Å². The Balaban J connectivity index is 1.73. The number of hydrogen-bond acceptors (Lipinski definition) is 4. The summed E-state index contributed by atoms with van der Waals surface area (Å²) in [6, 6.07) is 5.88. The first-order valence-corrected chi connectivity index (χ1v) is 11.2. The van der Waals surface area contributed by atoms with E-state index in [0.29, 0.717) is 24.4 Å². The fourth-order valence-electron chi connectivity index (χ4n) is 5.30. The molecule has 1 saturated carbocycles. The standard InChI is InChI=1S/C25H26N2O5/c1-14-21-11-16-7-6-15-10-18(32-17-4-2-3-5-17)12-19(20(25(30)31)13-22(28)29)23(15)24(16)27(21)9-8-26-14/h10-13,17H,2-9H2,1H3,(H,28,29)(H,30,31). The number of aryl methyl sites for hydroxylation is 2. The SMILES string of the molecule is CC1=NCCn2c1cc1c2-c2c(cc(OC3CCCC3)cc2C(=CC(=O)O)C(=O)O)CC1. The van der Waals surface area contributed by atoms with Crippen molar-refractivity contribution in [2.75, 3.05) is 6.54 Å².